The van der Waals surface area contributed by atoms with Crippen LogP contribution in [0.1, 0.15) is 26.3 Å². The average Bonchev–Trinajstić information content (AvgIpc) is 2.93. The maximum absolute atomic E-state index is 14.3. The van der Waals surface area contributed by atoms with Crippen LogP contribution in [0.3, 0.4) is 0 Å². The second-order valence-electron chi connectivity index (χ2n) is 8.57. The smallest absolute Gasteiger partial charge is 0.343 e. The zero-order valence-electron chi connectivity index (χ0n) is 21.0. The molecule has 0 aliphatic rings. The van der Waals surface area contributed by atoms with Gasteiger partial charge in [-0.3, -0.25) is 9.59 Å². The van der Waals surface area contributed by atoms with Gasteiger partial charge in [-0.05, 0) is 0 Å². The molecule has 0 aliphatic carbocycles. The monoisotopic (exact) mass is 652 g/mol. The normalized spacial score (nSPS) is 14.5. The van der Waals surface area contributed by atoms with Gasteiger partial charge in [-0.15, -0.1) is 0 Å². The highest BCUT2D eigenvalue weighted by Crippen LogP contribution is 2.62. The topological polar surface area (TPSA) is 52.6 Å². The van der Waals surface area contributed by atoms with Crippen molar-refractivity contribution < 1.29 is 84.9 Å². The molecule has 4 nitrogen and oxygen atoms in total. The number of hydrogen-bond donors (Lipinski definition) is 0. The summed E-state index contributed by atoms with van der Waals surface area (Å²) in [6.07, 6.45) is -7.74. The maximum atomic E-state index is 14.3. The molecule has 240 valence electrons. The summed E-state index contributed by atoms with van der Waals surface area (Å²) >= 11 is 0. The molecule has 0 spiro atoms. The van der Waals surface area contributed by atoms with Gasteiger partial charge in [0.05, 0.1) is 0 Å². The van der Waals surface area contributed by atoms with Crippen molar-refractivity contribution in [2.24, 2.45) is 0 Å². The van der Waals surface area contributed by atoms with Gasteiger partial charge in [-0.1, -0.05) is 54.6 Å². The molecule has 0 atom stereocenters. The minimum Gasteiger partial charge on any atom is -0.343 e. The van der Waals surface area contributed by atoms with Crippen LogP contribution in [-0.4, -0.2) is 67.5 Å². The van der Waals surface area contributed by atoms with Crippen LogP contribution < -0.4 is 0 Å². The van der Waals surface area contributed by atoms with Crippen LogP contribution in [0, 0.1) is 0 Å². The first-order valence-corrected chi connectivity index (χ1v) is 10.9. The Morgan fingerprint density at radius 3 is 1.21 bits per heavy atom. The van der Waals surface area contributed by atoms with E-state index in [9.17, 15) is 75.4 Å². The fraction of sp³-hybridized carbons (Fsp3) is 0.417. The Bertz CT molecular complexity index is 1320. The Labute approximate surface area is 230 Å². The number of methoxy groups -OCH3 is 2. The van der Waals surface area contributed by atoms with Gasteiger partial charge in [-0.2, -0.15) is 65.9 Å². The molecule has 0 aliphatic heterocycles. The molecule has 2 rings (SSSR count). The fourth-order valence-electron chi connectivity index (χ4n) is 3.55. The minimum atomic E-state index is -8.52. The van der Waals surface area contributed by atoms with Crippen LogP contribution in [0.4, 0.5) is 65.9 Å². The molecule has 0 radical (unpaired) electrons. The highest BCUT2D eigenvalue weighted by molar-refractivity contribution is 6.05. The zero-order valence-corrected chi connectivity index (χ0v) is 21.0. The summed E-state index contributed by atoms with van der Waals surface area (Å²) in [5.74, 6) is -55.5. The number of carbonyl (C=O) groups is 2. The number of carbonyl (C=O) groups excluding carboxylic acids is 2. The molecule has 0 saturated carbocycles. The molecule has 0 saturated heterocycles. The van der Waals surface area contributed by atoms with E-state index in [1.54, 1.807) is 0 Å². The predicted octanol–water partition coefficient (Wildman–Crippen LogP) is 7.57. The number of ketones is 2. The Morgan fingerprint density at radius 1 is 0.488 bits per heavy atom. The van der Waals surface area contributed by atoms with Crippen molar-refractivity contribution in [3.63, 3.8) is 0 Å². The lowest BCUT2D eigenvalue weighted by atomic mass is 9.88. The number of halogens is 15. The van der Waals surface area contributed by atoms with Crippen molar-refractivity contribution in [2.75, 3.05) is 14.2 Å². The summed E-state index contributed by atoms with van der Waals surface area (Å²) in [7, 11) is 1.97. The van der Waals surface area contributed by atoms with Crippen molar-refractivity contribution in [3.8, 4) is 0 Å². The van der Waals surface area contributed by atoms with E-state index in [-0.39, 0.29) is 17.7 Å². The molecule has 0 fully saturated rings. The highest BCUT2D eigenvalue weighted by Gasteiger charge is 2.94. The largest absolute Gasteiger partial charge is 0.460 e. The van der Waals surface area contributed by atoms with E-state index >= 15 is 0 Å². The number of ether oxygens (including phenoxy) is 2. The van der Waals surface area contributed by atoms with E-state index in [0.29, 0.717) is 12.1 Å². The molecule has 0 heterocycles. The summed E-state index contributed by atoms with van der Waals surface area (Å²) in [5.41, 5.74) is -2.27. The molecule has 2 aromatic rings. The molecule has 43 heavy (non-hydrogen) atoms. The van der Waals surface area contributed by atoms with E-state index in [4.69, 9.17) is 9.47 Å². The van der Waals surface area contributed by atoms with E-state index in [2.05, 4.69) is 0 Å². The van der Waals surface area contributed by atoms with Crippen LogP contribution in [0.2, 0.25) is 0 Å². The molecule has 0 N–H and O–H groups in total. The van der Waals surface area contributed by atoms with Crippen LogP contribution >= 0.6 is 0 Å². The number of benzene rings is 2. The van der Waals surface area contributed by atoms with Crippen molar-refractivity contribution >= 4 is 11.6 Å². The lowest BCUT2D eigenvalue weighted by molar-refractivity contribution is -0.449. The van der Waals surface area contributed by atoms with Gasteiger partial charge < -0.3 is 9.47 Å². The first-order chi connectivity index (χ1) is 19.3. The molecule has 0 amide bonds. The molecular formula is C24H15F15O4. The summed E-state index contributed by atoms with van der Waals surface area (Å²) in [4.78, 5) is 25.1. The van der Waals surface area contributed by atoms with E-state index in [0.717, 1.165) is 14.2 Å². The third-order valence-electron chi connectivity index (χ3n) is 6.05. The molecule has 0 unspecified atom stereocenters. The lowest BCUT2D eigenvalue weighted by Crippen LogP contribution is -2.73. The second-order valence-corrected chi connectivity index (χ2v) is 8.57. The van der Waals surface area contributed by atoms with E-state index in [1.165, 1.54) is 30.3 Å². The first kappa shape index (κ1) is 35.8. The van der Waals surface area contributed by atoms with Crippen LogP contribution in [0.15, 0.2) is 54.6 Å². The quantitative estimate of drug-likeness (QED) is 0.135. The van der Waals surface area contributed by atoms with Gasteiger partial charge in [-0.25, -0.2) is 0 Å². The van der Waals surface area contributed by atoms with Gasteiger partial charge in [0.2, 0.25) is 11.6 Å². The van der Waals surface area contributed by atoms with Gasteiger partial charge in [0.1, 0.15) is 0 Å². The lowest BCUT2D eigenvalue weighted by Gasteiger charge is -2.41. The van der Waals surface area contributed by atoms with Gasteiger partial charge >= 0.3 is 41.7 Å². The standard InChI is InChI=1S/C24H15F15O4/c1-42-17(43-2,14-6-4-3-5-7-14)15(40)12-8-10-13(11-9-12)16(41)18(25,26)19(27,28)20(29,30)21(31,32)22(33,34)23(35,36)24(37,38)39/h3-11H,1-2H3. The molecule has 2 aromatic carbocycles. The third-order valence-corrected chi connectivity index (χ3v) is 6.05. The highest BCUT2D eigenvalue weighted by atomic mass is 19.4. The average molecular weight is 652 g/mol. The summed E-state index contributed by atoms with van der Waals surface area (Å²) in [5, 5.41) is 0. The Balaban J connectivity index is 2.53. The number of hydrogen-bond acceptors (Lipinski definition) is 4. The van der Waals surface area contributed by atoms with Gasteiger partial charge in [0, 0.05) is 30.9 Å². The number of rotatable bonds is 12. The second kappa shape index (κ2) is 11.0. The summed E-state index contributed by atoms with van der Waals surface area (Å²) < 4.78 is 212. The van der Waals surface area contributed by atoms with Crippen molar-refractivity contribution in [3.05, 3.63) is 71.3 Å². The molecular weight excluding hydrogens is 637 g/mol. The van der Waals surface area contributed by atoms with E-state index < -0.39 is 70.2 Å². The Hall–Kier alpha value is -3.35. The molecule has 0 bridgehead atoms. The van der Waals surface area contributed by atoms with Crippen LogP contribution in [-0.2, 0) is 15.3 Å². The molecule has 0 aromatic heterocycles. The fourth-order valence-corrected chi connectivity index (χ4v) is 3.55. The van der Waals surface area contributed by atoms with E-state index in [1.807, 2.05) is 0 Å². The predicted molar refractivity (Wildman–Crippen MR) is 113 cm³/mol. The maximum Gasteiger partial charge on any atom is 0.460 e. The summed E-state index contributed by atoms with van der Waals surface area (Å²) in [6.45, 7) is 0. The van der Waals surface area contributed by atoms with Crippen molar-refractivity contribution in [2.45, 2.75) is 47.5 Å². The SMILES string of the molecule is COC(OC)(C(=O)c1ccc(C(=O)C(F)(F)C(F)(F)C(F)(F)C(F)(F)C(F)(F)C(F)(F)C(F)(F)F)cc1)c1ccccc1. The zero-order chi connectivity index (χ0) is 33.7. The Kier molecular flexibility index (Phi) is 9.15. The first-order valence-electron chi connectivity index (χ1n) is 10.9. The van der Waals surface area contributed by atoms with Crippen molar-refractivity contribution in [1.82, 2.24) is 0 Å². The number of alkyl halides is 15. The third kappa shape index (κ3) is 5.12. The molecule has 19 heteroatoms. The van der Waals surface area contributed by atoms with Crippen molar-refractivity contribution in [1.29, 1.82) is 0 Å². The summed E-state index contributed by atoms with van der Waals surface area (Å²) in [6, 6.07) is 8.13. The van der Waals surface area contributed by atoms with Crippen LogP contribution in [0.5, 0.6) is 0 Å². The van der Waals surface area contributed by atoms with Gasteiger partial charge in [0.25, 0.3) is 5.79 Å². The van der Waals surface area contributed by atoms with Crippen LogP contribution in [0.25, 0.3) is 0 Å². The number of Topliss-reactive ketones (excluding diaryl/α,β-unsaturated/α-hetero) is 2. The van der Waals surface area contributed by atoms with Gasteiger partial charge in [0.15, 0.2) is 0 Å². The Morgan fingerprint density at radius 2 is 0.837 bits per heavy atom. The minimum absolute atomic E-state index is 0.0485.